The molecule has 0 spiro atoms. The molecule has 2 N–H and O–H groups in total. The first-order valence-corrected chi connectivity index (χ1v) is 7.80. The highest BCUT2D eigenvalue weighted by Gasteiger charge is 2.24. The number of sulfonamides is 1. The van der Waals surface area contributed by atoms with Crippen molar-refractivity contribution < 1.29 is 13.2 Å². The summed E-state index contributed by atoms with van der Waals surface area (Å²) in [5, 5.41) is 0. The second kappa shape index (κ2) is 6.67. The van der Waals surface area contributed by atoms with Crippen LogP contribution in [0, 0.1) is 0 Å². The SMILES string of the molecule is CCN(CC)C(=O)C(C)NS(=O)(=O)c1ccc(=O)[nH]c1. The lowest BCUT2D eigenvalue weighted by atomic mass is 10.3. The van der Waals surface area contributed by atoms with Crippen molar-refractivity contribution in [1.82, 2.24) is 14.6 Å². The Hall–Kier alpha value is -1.67. The Morgan fingerprint density at radius 2 is 1.95 bits per heavy atom. The van der Waals surface area contributed by atoms with Crippen molar-refractivity contribution in [1.29, 1.82) is 0 Å². The van der Waals surface area contributed by atoms with Crippen molar-refractivity contribution in [3.05, 3.63) is 28.7 Å². The van der Waals surface area contributed by atoms with Crippen LogP contribution in [0.4, 0.5) is 0 Å². The Kier molecular flexibility index (Phi) is 5.46. The fourth-order valence-electron chi connectivity index (χ4n) is 1.72. The Balaban J connectivity index is 2.88. The number of hydrogen-bond donors (Lipinski definition) is 2. The van der Waals surface area contributed by atoms with Gasteiger partial charge < -0.3 is 9.88 Å². The number of aromatic nitrogens is 1. The fraction of sp³-hybridized carbons (Fsp3) is 0.500. The van der Waals surface area contributed by atoms with Crippen molar-refractivity contribution in [2.24, 2.45) is 0 Å². The molecule has 1 aromatic heterocycles. The number of nitrogens with zero attached hydrogens (tertiary/aromatic N) is 1. The highest BCUT2D eigenvalue weighted by atomic mass is 32.2. The maximum atomic E-state index is 12.1. The summed E-state index contributed by atoms with van der Waals surface area (Å²) in [5.41, 5.74) is -0.392. The zero-order chi connectivity index (χ0) is 15.3. The largest absolute Gasteiger partial charge is 0.342 e. The highest BCUT2D eigenvalue weighted by Crippen LogP contribution is 2.06. The fourth-order valence-corrected chi connectivity index (χ4v) is 2.89. The molecule has 0 fully saturated rings. The lowest BCUT2D eigenvalue weighted by Crippen LogP contribution is -2.46. The van der Waals surface area contributed by atoms with E-state index in [9.17, 15) is 18.0 Å². The van der Waals surface area contributed by atoms with Crippen molar-refractivity contribution >= 4 is 15.9 Å². The van der Waals surface area contributed by atoms with Crippen LogP contribution in [0.5, 0.6) is 0 Å². The standard InChI is InChI=1S/C12H19N3O4S/c1-4-15(5-2)12(17)9(3)14-20(18,19)10-6-7-11(16)13-8-10/h6-9,14H,4-5H2,1-3H3,(H,13,16). The summed E-state index contributed by atoms with van der Waals surface area (Å²) in [4.78, 5) is 26.7. The van der Waals surface area contributed by atoms with E-state index in [0.29, 0.717) is 13.1 Å². The maximum absolute atomic E-state index is 12.1. The minimum Gasteiger partial charge on any atom is -0.342 e. The van der Waals surface area contributed by atoms with Crippen LogP contribution in [0.2, 0.25) is 0 Å². The molecule has 1 amide bonds. The van der Waals surface area contributed by atoms with Gasteiger partial charge in [0.2, 0.25) is 21.5 Å². The number of pyridine rings is 1. The summed E-state index contributed by atoms with van der Waals surface area (Å²) in [6, 6.07) is 1.44. The van der Waals surface area contributed by atoms with E-state index in [0.717, 1.165) is 12.3 Å². The van der Waals surface area contributed by atoms with Crippen LogP contribution in [0.3, 0.4) is 0 Å². The molecule has 1 rings (SSSR count). The quantitative estimate of drug-likeness (QED) is 0.767. The van der Waals surface area contributed by atoms with E-state index < -0.39 is 21.6 Å². The molecule has 112 valence electrons. The van der Waals surface area contributed by atoms with Crippen molar-refractivity contribution in [2.75, 3.05) is 13.1 Å². The first-order valence-electron chi connectivity index (χ1n) is 6.31. The molecular formula is C12H19N3O4S. The van der Waals surface area contributed by atoms with Crippen LogP contribution in [0.25, 0.3) is 0 Å². The van der Waals surface area contributed by atoms with Crippen LogP contribution >= 0.6 is 0 Å². The van der Waals surface area contributed by atoms with Gasteiger partial charge in [0.1, 0.15) is 0 Å². The van der Waals surface area contributed by atoms with Gasteiger partial charge in [0.25, 0.3) is 0 Å². The van der Waals surface area contributed by atoms with Gasteiger partial charge in [-0.2, -0.15) is 4.72 Å². The minimum atomic E-state index is -3.84. The Bertz CT molecular complexity index is 599. The molecule has 1 heterocycles. The molecule has 0 saturated carbocycles. The summed E-state index contributed by atoms with van der Waals surface area (Å²) in [5.74, 6) is -0.289. The summed E-state index contributed by atoms with van der Waals surface area (Å²) in [6.45, 7) is 6.17. The van der Waals surface area contributed by atoms with Gasteiger partial charge in [0, 0.05) is 25.4 Å². The average Bonchev–Trinajstić information content (AvgIpc) is 2.40. The third-order valence-electron chi connectivity index (χ3n) is 2.84. The summed E-state index contributed by atoms with van der Waals surface area (Å²) < 4.78 is 26.4. The van der Waals surface area contributed by atoms with Crippen LogP contribution in [-0.4, -0.2) is 43.3 Å². The molecule has 0 aliphatic heterocycles. The predicted molar refractivity (Wildman–Crippen MR) is 74.8 cm³/mol. The smallest absolute Gasteiger partial charge is 0.247 e. The number of carbonyl (C=O) groups is 1. The van der Waals surface area contributed by atoms with Gasteiger partial charge >= 0.3 is 0 Å². The van der Waals surface area contributed by atoms with E-state index in [4.69, 9.17) is 0 Å². The second-order valence-electron chi connectivity index (χ2n) is 4.24. The van der Waals surface area contributed by atoms with Crippen molar-refractivity contribution in [3.8, 4) is 0 Å². The zero-order valence-electron chi connectivity index (χ0n) is 11.7. The molecule has 0 radical (unpaired) electrons. The third-order valence-corrected chi connectivity index (χ3v) is 4.38. The van der Waals surface area contributed by atoms with Crippen LogP contribution in [0.1, 0.15) is 20.8 Å². The summed E-state index contributed by atoms with van der Waals surface area (Å²) in [6.07, 6.45) is 1.10. The molecule has 0 aliphatic rings. The van der Waals surface area contributed by atoms with Gasteiger partial charge in [-0.05, 0) is 26.8 Å². The Morgan fingerprint density at radius 1 is 1.35 bits per heavy atom. The van der Waals surface area contributed by atoms with E-state index in [2.05, 4.69) is 9.71 Å². The van der Waals surface area contributed by atoms with Crippen molar-refractivity contribution in [2.45, 2.75) is 31.7 Å². The van der Waals surface area contributed by atoms with Gasteiger partial charge in [-0.25, -0.2) is 8.42 Å². The number of likely N-dealkylation sites (N-methyl/N-ethyl adjacent to an activating group) is 1. The van der Waals surface area contributed by atoms with Gasteiger partial charge in [-0.3, -0.25) is 9.59 Å². The highest BCUT2D eigenvalue weighted by molar-refractivity contribution is 7.89. The second-order valence-corrected chi connectivity index (χ2v) is 5.96. The van der Waals surface area contributed by atoms with Crippen LogP contribution < -0.4 is 10.3 Å². The Morgan fingerprint density at radius 3 is 2.40 bits per heavy atom. The van der Waals surface area contributed by atoms with Crippen LogP contribution in [-0.2, 0) is 14.8 Å². The monoisotopic (exact) mass is 301 g/mol. The van der Waals surface area contributed by atoms with Gasteiger partial charge in [-0.15, -0.1) is 0 Å². The number of rotatable bonds is 6. The molecule has 8 heteroatoms. The molecule has 0 aliphatic carbocycles. The van der Waals surface area contributed by atoms with E-state index in [1.807, 2.05) is 13.8 Å². The molecule has 0 bridgehead atoms. The molecule has 1 aromatic rings. The first kappa shape index (κ1) is 16.4. The molecule has 1 unspecified atom stereocenters. The molecule has 20 heavy (non-hydrogen) atoms. The number of aromatic amines is 1. The first-order chi connectivity index (χ1) is 9.31. The normalized spacial score (nSPS) is 12.9. The average molecular weight is 301 g/mol. The van der Waals surface area contributed by atoms with E-state index in [1.165, 1.54) is 13.0 Å². The maximum Gasteiger partial charge on any atom is 0.247 e. The molecule has 0 aromatic carbocycles. The minimum absolute atomic E-state index is 0.0868. The predicted octanol–water partition coefficient (Wildman–Crippen LogP) is -0.0899. The summed E-state index contributed by atoms with van der Waals surface area (Å²) in [7, 11) is -3.84. The number of amides is 1. The third kappa shape index (κ3) is 3.91. The van der Waals surface area contributed by atoms with Gasteiger partial charge in [0.15, 0.2) is 0 Å². The van der Waals surface area contributed by atoms with E-state index in [-0.39, 0.29) is 10.8 Å². The summed E-state index contributed by atoms with van der Waals surface area (Å²) >= 11 is 0. The lowest BCUT2D eigenvalue weighted by molar-refractivity contribution is -0.132. The molecule has 0 saturated heterocycles. The molecule has 1 atom stereocenters. The zero-order valence-corrected chi connectivity index (χ0v) is 12.5. The van der Waals surface area contributed by atoms with Crippen LogP contribution in [0.15, 0.2) is 28.0 Å². The number of hydrogen-bond acceptors (Lipinski definition) is 4. The number of H-pyrrole nitrogens is 1. The Labute approximate surface area is 118 Å². The van der Waals surface area contributed by atoms with Crippen molar-refractivity contribution in [3.63, 3.8) is 0 Å². The van der Waals surface area contributed by atoms with E-state index in [1.54, 1.807) is 4.90 Å². The number of nitrogens with one attached hydrogen (secondary N) is 2. The lowest BCUT2D eigenvalue weighted by Gasteiger charge is -2.23. The number of carbonyl (C=O) groups excluding carboxylic acids is 1. The van der Waals surface area contributed by atoms with Gasteiger partial charge in [-0.1, -0.05) is 0 Å². The van der Waals surface area contributed by atoms with E-state index >= 15 is 0 Å². The van der Waals surface area contributed by atoms with Gasteiger partial charge in [0.05, 0.1) is 10.9 Å². The molecule has 7 nitrogen and oxygen atoms in total. The topological polar surface area (TPSA) is 99.3 Å². The molecular weight excluding hydrogens is 282 g/mol.